The van der Waals surface area contributed by atoms with Crippen molar-refractivity contribution in [1.29, 1.82) is 0 Å². The van der Waals surface area contributed by atoms with Crippen LogP contribution in [-0.4, -0.2) is 40.3 Å². The minimum absolute atomic E-state index is 0.0732. The quantitative estimate of drug-likeness (QED) is 0.148. The lowest BCUT2D eigenvalue weighted by Gasteiger charge is -2.17. The number of aromatic hydroxyl groups is 1. The van der Waals surface area contributed by atoms with Gasteiger partial charge in [-0.1, -0.05) is 48.0 Å². The molecule has 0 spiro atoms. The van der Waals surface area contributed by atoms with E-state index in [0.29, 0.717) is 27.8 Å². The van der Waals surface area contributed by atoms with E-state index in [1.54, 1.807) is 42.5 Å². The van der Waals surface area contributed by atoms with Gasteiger partial charge in [0.25, 0.3) is 0 Å². The molecule has 42 heavy (non-hydrogen) atoms. The fourth-order valence-electron chi connectivity index (χ4n) is 6.59. The second kappa shape index (κ2) is 9.76. The Morgan fingerprint density at radius 3 is 2.29 bits per heavy atom. The number of ether oxygens (including phenoxy) is 1. The topological polar surface area (TPSA) is 114 Å². The highest BCUT2D eigenvalue weighted by Gasteiger charge is 2.59. The molecule has 3 aliphatic rings. The number of fused-ring (bicyclic) bond motifs is 6. The predicted octanol–water partition coefficient (Wildman–Crippen LogP) is 5.27. The van der Waals surface area contributed by atoms with Crippen molar-refractivity contribution in [3.8, 4) is 17.0 Å². The molecule has 1 aromatic heterocycles. The maximum atomic E-state index is 13.3. The molecule has 1 saturated carbocycles. The number of phenolic OH excluding ortho intramolecular Hbond substituents is 1. The van der Waals surface area contributed by atoms with E-state index in [1.165, 1.54) is 17.0 Å². The number of imide groups is 1. The molecule has 8 nitrogen and oxygen atoms in total. The van der Waals surface area contributed by atoms with Crippen molar-refractivity contribution in [2.24, 2.45) is 23.7 Å². The normalized spacial score (nSPS) is 22.2. The van der Waals surface area contributed by atoms with Crippen molar-refractivity contribution in [2.45, 2.75) is 13.3 Å². The number of benzene rings is 3. The Balaban J connectivity index is 1.17. The van der Waals surface area contributed by atoms with E-state index < -0.39 is 18.4 Å². The molecule has 3 aromatic carbocycles. The maximum absolute atomic E-state index is 13.3. The zero-order valence-corrected chi connectivity index (χ0v) is 22.7. The van der Waals surface area contributed by atoms with E-state index >= 15 is 0 Å². The number of esters is 1. The van der Waals surface area contributed by atoms with E-state index in [2.05, 4.69) is 12.2 Å². The van der Waals surface area contributed by atoms with Crippen LogP contribution in [0, 0.1) is 30.6 Å². The molecule has 7 rings (SSSR count). The molecule has 4 aromatic rings. The summed E-state index contributed by atoms with van der Waals surface area (Å²) in [5, 5.41) is 10.6. The minimum atomic E-state index is -0.697. The fraction of sp³-hybridized carbons (Fsp3) is 0.206. The number of carbonyl (C=O) groups excluding carboxylic acids is 4. The van der Waals surface area contributed by atoms with Crippen LogP contribution >= 0.6 is 0 Å². The molecule has 1 N–H and O–H groups in total. The van der Waals surface area contributed by atoms with Crippen LogP contribution in [0.15, 0.2) is 84.9 Å². The molecular weight excluding hydrogens is 532 g/mol. The number of para-hydroxylation sites is 1. The van der Waals surface area contributed by atoms with E-state index in [0.717, 1.165) is 12.0 Å². The van der Waals surface area contributed by atoms with Crippen LogP contribution in [0.25, 0.3) is 22.2 Å². The lowest BCUT2D eigenvalue weighted by atomic mass is 9.85. The first-order chi connectivity index (χ1) is 20.3. The Morgan fingerprint density at radius 2 is 1.60 bits per heavy atom. The van der Waals surface area contributed by atoms with E-state index in [9.17, 15) is 24.3 Å². The Bertz CT molecular complexity index is 1810. The summed E-state index contributed by atoms with van der Waals surface area (Å²) in [7, 11) is 0. The van der Waals surface area contributed by atoms with Crippen LogP contribution in [0.5, 0.6) is 5.75 Å². The molecule has 2 heterocycles. The number of rotatable bonds is 6. The number of nitrogens with zero attached hydrogens (tertiary/aromatic N) is 2. The third-order valence-electron chi connectivity index (χ3n) is 8.61. The molecule has 1 saturated heterocycles. The molecule has 2 bridgehead atoms. The molecule has 1 aliphatic heterocycles. The molecule has 0 radical (unpaired) electrons. The molecule has 4 unspecified atom stereocenters. The summed E-state index contributed by atoms with van der Waals surface area (Å²) in [5.74, 6) is -1.96. The zero-order chi connectivity index (χ0) is 29.1. The number of Topliss-reactive ketones (excluding diaryl/α,β-unsaturated/α-hetero) is 1. The van der Waals surface area contributed by atoms with E-state index in [4.69, 9.17) is 9.72 Å². The van der Waals surface area contributed by atoms with Crippen molar-refractivity contribution in [1.82, 2.24) is 4.98 Å². The fourth-order valence-corrected chi connectivity index (χ4v) is 6.59. The van der Waals surface area contributed by atoms with Gasteiger partial charge in [-0.15, -0.1) is 0 Å². The standard InChI is InChI=1S/C34H26N2O6/c1-18-6-13-26-24(14-18)25(34(41)42-17-29(38)23-4-2-3-5-28(23)37)16-27(35-26)19-9-11-22(12-10-19)36-32(39)30-20-7-8-21(15-20)31(30)33(36)40/h2-14,16,20-21,30-31,37H,15,17H2,1H3. The molecule has 2 amide bonds. The van der Waals surface area contributed by atoms with Crippen molar-refractivity contribution >= 4 is 40.2 Å². The van der Waals surface area contributed by atoms with E-state index in [-0.39, 0.29) is 52.4 Å². The Labute approximate surface area is 241 Å². The van der Waals surface area contributed by atoms with Gasteiger partial charge in [-0.3, -0.25) is 19.3 Å². The first-order valence-corrected chi connectivity index (χ1v) is 13.9. The van der Waals surface area contributed by atoms with Crippen molar-refractivity contribution in [3.63, 3.8) is 0 Å². The molecule has 2 aliphatic carbocycles. The molecular formula is C34H26N2O6. The smallest absolute Gasteiger partial charge is 0.339 e. The van der Waals surface area contributed by atoms with Crippen LogP contribution in [0.4, 0.5) is 5.69 Å². The van der Waals surface area contributed by atoms with Gasteiger partial charge in [-0.2, -0.15) is 0 Å². The summed E-state index contributed by atoms with van der Waals surface area (Å²) in [5.41, 5.74) is 3.51. The lowest BCUT2D eigenvalue weighted by molar-refractivity contribution is -0.123. The number of hydrogen-bond donors (Lipinski definition) is 1. The van der Waals surface area contributed by atoms with Gasteiger partial charge < -0.3 is 9.84 Å². The second-order valence-electron chi connectivity index (χ2n) is 11.2. The Morgan fingerprint density at radius 1 is 0.905 bits per heavy atom. The number of hydrogen-bond acceptors (Lipinski definition) is 7. The molecule has 2 fully saturated rings. The number of pyridine rings is 1. The summed E-state index contributed by atoms with van der Waals surface area (Å²) in [6, 6.07) is 20.2. The highest BCUT2D eigenvalue weighted by Crippen LogP contribution is 2.53. The first-order valence-electron chi connectivity index (χ1n) is 13.9. The van der Waals surface area contributed by atoms with E-state index in [1.807, 2.05) is 25.1 Å². The van der Waals surface area contributed by atoms with Crippen LogP contribution < -0.4 is 4.90 Å². The van der Waals surface area contributed by atoms with Crippen LogP contribution in [0.2, 0.25) is 0 Å². The van der Waals surface area contributed by atoms with Gasteiger partial charge in [0.05, 0.1) is 39.9 Å². The third-order valence-corrected chi connectivity index (χ3v) is 8.61. The highest BCUT2D eigenvalue weighted by atomic mass is 16.5. The Kier molecular flexibility index (Phi) is 6.01. The number of ketones is 1. The summed E-state index contributed by atoms with van der Waals surface area (Å²) >= 11 is 0. The number of carbonyl (C=O) groups is 4. The van der Waals surface area contributed by atoms with Gasteiger partial charge in [-0.05, 0) is 67.6 Å². The van der Waals surface area contributed by atoms with Crippen LogP contribution in [0.3, 0.4) is 0 Å². The summed E-state index contributed by atoms with van der Waals surface area (Å²) < 4.78 is 5.39. The molecule has 8 heteroatoms. The monoisotopic (exact) mass is 558 g/mol. The minimum Gasteiger partial charge on any atom is -0.507 e. The average Bonchev–Trinajstić information content (AvgIpc) is 3.69. The van der Waals surface area contributed by atoms with Crippen LogP contribution in [0.1, 0.15) is 32.7 Å². The molecule has 4 atom stereocenters. The summed E-state index contributed by atoms with van der Waals surface area (Å²) in [6.45, 7) is 1.37. The summed E-state index contributed by atoms with van der Waals surface area (Å²) in [6.07, 6.45) is 5.02. The van der Waals surface area contributed by atoms with Gasteiger partial charge >= 0.3 is 5.97 Å². The van der Waals surface area contributed by atoms with Gasteiger partial charge in [0, 0.05) is 10.9 Å². The van der Waals surface area contributed by atoms with Crippen LogP contribution in [-0.2, 0) is 14.3 Å². The zero-order valence-electron chi connectivity index (χ0n) is 22.7. The average molecular weight is 559 g/mol. The van der Waals surface area contributed by atoms with Gasteiger partial charge in [0.15, 0.2) is 6.61 Å². The highest BCUT2D eigenvalue weighted by molar-refractivity contribution is 6.22. The van der Waals surface area contributed by atoms with Crippen molar-refractivity contribution in [2.75, 3.05) is 11.5 Å². The predicted molar refractivity (Wildman–Crippen MR) is 155 cm³/mol. The van der Waals surface area contributed by atoms with Gasteiger partial charge in [0.1, 0.15) is 5.75 Å². The SMILES string of the molecule is Cc1ccc2nc(-c3ccc(N4C(=O)C5C6C=CC(C6)C5C4=O)cc3)cc(C(=O)OCC(=O)c3ccccc3O)c2c1. The van der Waals surface area contributed by atoms with Gasteiger partial charge in [0.2, 0.25) is 17.6 Å². The number of aromatic nitrogens is 1. The first kappa shape index (κ1) is 25.8. The number of allylic oxidation sites excluding steroid dienone is 2. The Hall–Kier alpha value is -5.11. The number of anilines is 1. The third kappa shape index (κ3) is 4.10. The molecule has 208 valence electrons. The second-order valence-corrected chi connectivity index (χ2v) is 11.2. The lowest BCUT2D eigenvalue weighted by Crippen LogP contribution is -2.32. The maximum Gasteiger partial charge on any atom is 0.339 e. The van der Waals surface area contributed by atoms with Gasteiger partial charge in [-0.25, -0.2) is 9.78 Å². The number of phenols is 1. The number of aryl methyl sites for hydroxylation is 1. The summed E-state index contributed by atoms with van der Waals surface area (Å²) in [4.78, 5) is 58.4. The van der Waals surface area contributed by atoms with Crippen molar-refractivity contribution in [3.05, 3.63) is 102 Å². The number of amides is 2. The largest absolute Gasteiger partial charge is 0.507 e. The van der Waals surface area contributed by atoms with Crippen molar-refractivity contribution < 1.29 is 29.0 Å².